The summed E-state index contributed by atoms with van der Waals surface area (Å²) in [6.07, 6.45) is -7.72. The molecule has 0 bridgehead atoms. The molecule has 32 heavy (non-hydrogen) atoms. The molecule has 3 rings (SSSR count). The van der Waals surface area contributed by atoms with Crippen molar-refractivity contribution in [2.24, 2.45) is 11.7 Å². The van der Waals surface area contributed by atoms with E-state index in [2.05, 4.69) is 10.3 Å². The van der Waals surface area contributed by atoms with Crippen molar-refractivity contribution in [2.45, 2.75) is 38.5 Å². The molecule has 5 N–H and O–H groups in total. The fourth-order valence-corrected chi connectivity index (χ4v) is 3.63. The maximum absolute atomic E-state index is 14.7. The topological polar surface area (TPSA) is 108 Å². The summed E-state index contributed by atoms with van der Waals surface area (Å²) in [7, 11) is 0. The van der Waals surface area contributed by atoms with Crippen LogP contribution >= 0.6 is 0 Å². The molecule has 1 aliphatic heterocycles. The highest BCUT2D eigenvalue weighted by atomic mass is 19.4. The third kappa shape index (κ3) is 5.69. The van der Waals surface area contributed by atoms with Gasteiger partial charge in [-0.2, -0.15) is 26.3 Å². The number of alkyl halides is 6. The van der Waals surface area contributed by atoms with Crippen molar-refractivity contribution in [1.82, 2.24) is 10.3 Å². The zero-order valence-electron chi connectivity index (χ0n) is 16.7. The van der Waals surface area contributed by atoms with E-state index in [0.29, 0.717) is 6.42 Å². The van der Waals surface area contributed by atoms with Gasteiger partial charge in [0, 0.05) is 5.39 Å². The Hall–Kier alpha value is -2.83. The number of carbonyl (C=O) groups is 2. The van der Waals surface area contributed by atoms with E-state index in [4.69, 9.17) is 15.6 Å². The molecule has 0 aliphatic carbocycles. The first-order valence-electron chi connectivity index (χ1n) is 9.36. The molecule has 0 unspecified atom stereocenters. The van der Waals surface area contributed by atoms with Crippen LogP contribution in [0.25, 0.3) is 10.9 Å². The lowest BCUT2D eigenvalue weighted by atomic mass is 9.88. The fourth-order valence-electron chi connectivity index (χ4n) is 3.63. The van der Waals surface area contributed by atoms with Crippen molar-refractivity contribution in [3.05, 3.63) is 34.3 Å². The molecule has 0 atom stereocenters. The summed E-state index contributed by atoms with van der Waals surface area (Å²) in [4.78, 5) is 22.7. The minimum absolute atomic E-state index is 0.0392. The fraction of sp³-hybridized carbons (Fsp3) is 0.474. The van der Waals surface area contributed by atoms with Crippen LogP contribution in [0.3, 0.4) is 0 Å². The molecule has 0 spiro atoms. The Morgan fingerprint density at radius 2 is 1.69 bits per heavy atom. The molecule has 178 valence electrons. The standard InChI is InChI=1S/C17H19F4N3O.C2HF3O2/c1-8-13-10(6-9-2-4-23-5-3-9)12(18)7-11(16(22)25)14(13)24-15(8)17(19,20)21;3-2(4,5)1(6)7/h7,9,23-24H,2-6H2,1H3,(H2,22,25);(H,6,7). The van der Waals surface area contributed by atoms with Crippen molar-refractivity contribution in [3.8, 4) is 0 Å². The number of carboxylic acids is 1. The molecule has 1 aromatic carbocycles. The van der Waals surface area contributed by atoms with Gasteiger partial charge in [-0.3, -0.25) is 4.79 Å². The second kappa shape index (κ2) is 9.35. The van der Waals surface area contributed by atoms with Crippen molar-refractivity contribution in [3.63, 3.8) is 0 Å². The number of piperidine rings is 1. The summed E-state index contributed by atoms with van der Waals surface area (Å²) in [5.74, 6) is -4.22. The molecule has 13 heteroatoms. The van der Waals surface area contributed by atoms with Gasteiger partial charge in [-0.1, -0.05) is 0 Å². The number of hydrogen-bond acceptors (Lipinski definition) is 3. The van der Waals surface area contributed by atoms with Gasteiger partial charge in [-0.25, -0.2) is 9.18 Å². The molecule has 1 amide bonds. The first kappa shape index (κ1) is 25.4. The molecular formula is C19H20F7N3O3. The number of primary amides is 1. The van der Waals surface area contributed by atoms with Crippen molar-refractivity contribution >= 4 is 22.8 Å². The summed E-state index contributed by atoms with van der Waals surface area (Å²) in [5, 5.41) is 10.5. The van der Waals surface area contributed by atoms with E-state index in [1.54, 1.807) is 0 Å². The Labute approximate surface area is 177 Å². The molecule has 1 saturated heterocycles. The maximum atomic E-state index is 14.7. The number of fused-ring (bicyclic) bond motifs is 1. The van der Waals surface area contributed by atoms with E-state index in [-0.39, 0.29) is 33.5 Å². The summed E-state index contributed by atoms with van der Waals surface area (Å²) < 4.78 is 86.2. The first-order chi connectivity index (χ1) is 14.6. The van der Waals surface area contributed by atoms with Crippen molar-refractivity contribution in [2.75, 3.05) is 13.1 Å². The minimum Gasteiger partial charge on any atom is -0.475 e. The highest BCUT2D eigenvalue weighted by molar-refractivity contribution is 6.07. The lowest BCUT2D eigenvalue weighted by Gasteiger charge is -2.23. The van der Waals surface area contributed by atoms with Crippen LogP contribution < -0.4 is 11.1 Å². The Morgan fingerprint density at radius 3 is 2.12 bits per heavy atom. The smallest absolute Gasteiger partial charge is 0.475 e. The van der Waals surface area contributed by atoms with E-state index >= 15 is 0 Å². The summed E-state index contributed by atoms with van der Waals surface area (Å²) in [6, 6.07) is 0.942. The summed E-state index contributed by atoms with van der Waals surface area (Å²) in [6.45, 7) is 2.89. The SMILES string of the molecule is Cc1c(C(F)(F)F)[nH]c2c(C(N)=O)cc(F)c(CC3CCNCC3)c12.O=C(O)C(F)(F)F. The summed E-state index contributed by atoms with van der Waals surface area (Å²) in [5.41, 5.74) is 4.08. The zero-order valence-corrected chi connectivity index (χ0v) is 16.7. The normalized spacial score (nSPS) is 15.4. The Balaban J connectivity index is 0.000000451. The second-order valence-electron chi connectivity index (χ2n) is 7.32. The Bertz CT molecular complexity index is 1010. The number of carbonyl (C=O) groups excluding carboxylic acids is 1. The third-order valence-electron chi connectivity index (χ3n) is 5.12. The number of hydrogen-bond donors (Lipinski definition) is 4. The number of aromatic nitrogens is 1. The first-order valence-corrected chi connectivity index (χ1v) is 9.36. The van der Waals surface area contributed by atoms with Crippen LogP contribution in [-0.2, 0) is 17.4 Å². The summed E-state index contributed by atoms with van der Waals surface area (Å²) >= 11 is 0. The zero-order chi connectivity index (χ0) is 24.4. The van der Waals surface area contributed by atoms with Gasteiger partial charge >= 0.3 is 18.3 Å². The van der Waals surface area contributed by atoms with Gasteiger partial charge in [0.25, 0.3) is 5.91 Å². The van der Waals surface area contributed by atoms with E-state index in [9.17, 15) is 35.5 Å². The monoisotopic (exact) mass is 471 g/mol. The Kier molecular flexibility index (Phi) is 7.43. The predicted molar refractivity (Wildman–Crippen MR) is 99.5 cm³/mol. The number of aliphatic carboxylic acids is 1. The average Bonchev–Trinajstić information content (AvgIpc) is 3.02. The van der Waals surface area contributed by atoms with Gasteiger partial charge in [0.15, 0.2) is 0 Å². The Morgan fingerprint density at radius 1 is 1.16 bits per heavy atom. The quantitative estimate of drug-likeness (QED) is 0.509. The molecule has 6 nitrogen and oxygen atoms in total. The molecule has 1 aliphatic rings. The van der Waals surface area contributed by atoms with Gasteiger partial charge in [-0.15, -0.1) is 0 Å². The molecular weight excluding hydrogens is 451 g/mol. The van der Waals surface area contributed by atoms with E-state index in [1.807, 2.05) is 0 Å². The average molecular weight is 471 g/mol. The lowest BCUT2D eigenvalue weighted by Crippen LogP contribution is -2.29. The number of H-pyrrole nitrogens is 1. The molecule has 1 aromatic heterocycles. The van der Waals surface area contributed by atoms with Gasteiger partial charge in [0.05, 0.1) is 11.1 Å². The number of halogens is 7. The second-order valence-corrected chi connectivity index (χ2v) is 7.32. The number of nitrogens with two attached hydrogens (primary N) is 1. The van der Waals surface area contributed by atoms with Crippen molar-refractivity contribution < 1.29 is 45.4 Å². The maximum Gasteiger partial charge on any atom is 0.490 e. The minimum atomic E-state index is -5.08. The lowest BCUT2D eigenvalue weighted by molar-refractivity contribution is -0.192. The van der Waals surface area contributed by atoms with E-state index < -0.39 is 35.7 Å². The molecule has 1 fully saturated rings. The number of rotatable bonds is 3. The van der Waals surface area contributed by atoms with Gasteiger partial charge in [0.2, 0.25) is 0 Å². The van der Waals surface area contributed by atoms with Gasteiger partial charge in [0.1, 0.15) is 11.5 Å². The number of amides is 1. The van der Waals surface area contributed by atoms with Crippen LogP contribution in [-0.4, -0.2) is 41.2 Å². The van der Waals surface area contributed by atoms with Crippen molar-refractivity contribution in [1.29, 1.82) is 0 Å². The van der Waals surface area contributed by atoms with Crippen LogP contribution in [0.5, 0.6) is 0 Å². The van der Waals surface area contributed by atoms with Crippen LogP contribution in [0, 0.1) is 18.7 Å². The number of aryl methyl sites for hydroxylation is 1. The van der Waals surface area contributed by atoms with E-state index in [1.165, 1.54) is 6.92 Å². The molecule has 0 saturated carbocycles. The number of aromatic amines is 1. The van der Waals surface area contributed by atoms with Crippen LogP contribution in [0.1, 0.15) is 40.0 Å². The number of carboxylic acid groups (broad SMARTS) is 1. The van der Waals surface area contributed by atoms with Gasteiger partial charge in [-0.05, 0) is 62.4 Å². The third-order valence-corrected chi connectivity index (χ3v) is 5.12. The van der Waals surface area contributed by atoms with Gasteiger partial charge < -0.3 is 21.1 Å². The van der Waals surface area contributed by atoms with E-state index in [0.717, 1.165) is 32.0 Å². The van der Waals surface area contributed by atoms with Crippen LogP contribution in [0.2, 0.25) is 0 Å². The largest absolute Gasteiger partial charge is 0.490 e. The van der Waals surface area contributed by atoms with Crippen LogP contribution in [0.15, 0.2) is 6.07 Å². The predicted octanol–water partition coefficient (Wildman–Crippen LogP) is 3.91. The molecule has 0 radical (unpaired) electrons. The number of benzene rings is 1. The number of nitrogens with one attached hydrogen (secondary N) is 2. The molecule has 2 aromatic rings. The highest BCUT2D eigenvalue weighted by Crippen LogP contribution is 2.39. The molecule has 2 heterocycles. The van der Waals surface area contributed by atoms with Crippen LogP contribution in [0.4, 0.5) is 30.7 Å². The highest BCUT2D eigenvalue weighted by Gasteiger charge is 2.38.